The average molecular weight is 421 g/mol. The minimum absolute atomic E-state index is 0.138. The summed E-state index contributed by atoms with van der Waals surface area (Å²) in [5, 5.41) is 6.10. The fourth-order valence-electron chi connectivity index (χ4n) is 2.68. The van der Waals surface area contributed by atoms with Gasteiger partial charge in [-0.25, -0.2) is 0 Å². The Kier molecular flexibility index (Phi) is 5.88. The van der Waals surface area contributed by atoms with E-state index in [-0.39, 0.29) is 5.91 Å². The third-order valence-corrected chi connectivity index (χ3v) is 4.46. The fourth-order valence-corrected chi connectivity index (χ4v) is 3.29. The molecule has 138 valence electrons. The molecule has 3 rings (SSSR count). The predicted octanol–water partition coefficient (Wildman–Crippen LogP) is 4.19. The molecule has 0 saturated heterocycles. The summed E-state index contributed by atoms with van der Waals surface area (Å²) in [6, 6.07) is 9.56. The third-order valence-electron chi connectivity index (χ3n) is 3.87. The van der Waals surface area contributed by atoms with Crippen LogP contribution in [-0.2, 0) is 11.3 Å². The number of hydrogen-bond donors (Lipinski definition) is 2. The highest BCUT2D eigenvalue weighted by atomic mass is 79.9. The molecule has 0 saturated carbocycles. The number of rotatable bonds is 5. The van der Waals surface area contributed by atoms with E-state index >= 15 is 0 Å². The van der Waals surface area contributed by atoms with Crippen LogP contribution in [0.5, 0.6) is 17.2 Å². The first kappa shape index (κ1) is 18.4. The van der Waals surface area contributed by atoms with Crippen molar-refractivity contribution in [2.45, 2.75) is 19.9 Å². The first-order valence-electron chi connectivity index (χ1n) is 8.34. The largest absolute Gasteiger partial charge is 0.494 e. The smallest absolute Gasteiger partial charge is 0.221 e. The van der Waals surface area contributed by atoms with Crippen molar-refractivity contribution >= 4 is 33.2 Å². The number of carbonyl (C=O) groups is 1. The molecule has 1 amide bonds. The lowest BCUT2D eigenvalue weighted by atomic mass is 10.2. The number of methoxy groups -OCH3 is 1. The van der Waals surface area contributed by atoms with Crippen LogP contribution >= 0.6 is 15.9 Å². The normalized spacial score (nSPS) is 12.9. The Morgan fingerprint density at radius 3 is 2.81 bits per heavy atom. The van der Waals surface area contributed by atoms with Gasteiger partial charge in [-0.05, 0) is 45.8 Å². The maximum atomic E-state index is 11.2. The summed E-state index contributed by atoms with van der Waals surface area (Å²) in [5.74, 6) is 1.98. The van der Waals surface area contributed by atoms with Crippen molar-refractivity contribution in [2.75, 3.05) is 31.0 Å². The molecule has 1 aliphatic rings. The SMILES string of the molecule is COc1cc(NCc2cc(Br)c3c(c2)OCCCO3)ccc1NC(C)=O. The molecule has 0 spiro atoms. The zero-order valence-electron chi connectivity index (χ0n) is 14.7. The van der Waals surface area contributed by atoms with Gasteiger partial charge in [0, 0.05) is 31.6 Å². The molecule has 2 N–H and O–H groups in total. The quantitative estimate of drug-likeness (QED) is 0.758. The molecule has 0 aromatic heterocycles. The molecule has 2 aromatic carbocycles. The minimum atomic E-state index is -0.138. The van der Waals surface area contributed by atoms with Crippen LogP contribution in [0.4, 0.5) is 11.4 Å². The Hall–Kier alpha value is -2.41. The molecular weight excluding hydrogens is 400 g/mol. The highest BCUT2D eigenvalue weighted by molar-refractivity contribution is 9.10. The molecule has 2 aromatic rings. The Balaban J connectivity index is 1.74. The molecule has 6 nitrogen and oxygen atoms in total. The van der Waals surface area contributed by atoms with Gasteiger partial charge >= 0.3 is 0 Å². The van der Waals surface area contributed by atoms with Crippen LogP contribution in [-0.4, -0.2) is 26.2 Å². The number of nitrogens with one attached hydrogen (secondary N) is 2. The summed E-state index contributed by atoms with van der Waals surface area (Å²) >= 11 is 3.56. The van der Waals surface area contributed by atoms with Gasteiger partial charge in [-0.3, -0.25) is 4.79 Å². The van der Waals surface area contributed by atoms with Gasteiger partial charge in [-0.1, -0.05) is 0 Å². The van der Waals surface area contributed by atoms with Gasteiger partial charge in [0.15, 0.2) is 11.5 Å². The standard InChI is InChI=1S/C19H21BrN2O4/c1-12(23)22-16-5-4-14(10-17(16)24-2)21-11-13-8-15(20)19-18(9-13)25-6-3-7-26-19/h4-5,8-10,21H,3,6-7,11H2,1-2H3,(H,22,23). The second kappa shape index (κ2) is 8.31. The van der Waals surface area contributed by atoms with Gasteiger partial charge in [-0.15, -0.1) is 0 Å². The Labute approximate surface area is 161 Å². The molecule has 7 heteroatoms. The number of carbonyl (C=O) groups excluding carboxylic acids is 1. The molecule has 1 heterocycles. The van der Waals surface area contributed by atoms with Crippen LogP contribution in [0.1, 0.15) is 18.9 Å². The third kappa shape index (κ3) is 4.40. The van der Waals surface area contributed by atoms with Crippen molar-refractivity contribution in [2.24, 2.45) is 0 Å². The number of hydrogen-bond acceptors (Lipinski definition) is 5. The molecule has 0 aliphatic carbocycles. The highest BCUT2D eigenvalue weighted by Gasteiger charge is 2.15. The Bertz CT molecular complexity index is 810. The van der Waals surface area contributed by atoms with Crippen molar-refractivity contribution in [3.05, 3.63) is 40.4 Å². The zero-order valence-corrected chi connectivity index (χ0v) is 16.3. The van der Waals surface area contributed by atoms with Gasteiger partial charge in [-0.2, -0.15) is 0 Å². The lowest BCUT2D eigenvalue weighted by molar-refractivity contribution is -0.114. The first-order chi connectivity index (χ1) is 12.6. The van der Waals surface area contributed by atoms with E-state index in [9.17, 15) is 4.79 Å². The molecule has 26 heavy (non-hydrogen) atoms. The van der Waals surface area contributed by atoms with Gasteiger partial charge in [0.25, 0.3) is 0 Å². The van der Waals surface area contributed by atoms with Crippen molar-refractivity contribution < 1.29 is 19.0 Å². The van der Waals surface area contributed by atoms with Crippen molar-refractivity contribution in [1.82, 2.24) is 0 Å². The summed E-state index contributed by atoms with van der Waals surface area (Å²) in [6.45, 7) is 3.38. The van der Waals surface area contributed by atoms with Crippen LogP contribution in [0.15, 0.2) is 34.8 Å². The molecule has 0 unspecified atom stereocenters. The van der Waals surface area contributed by atoms with E-state index in [0.29, 0.717) is 31.2 Å². The average Bonchev–Trinajstić information content (AvgIpc) is 2.86. The highest BCUT2D eigenvalue weighted by Crippen LogP contribution is 2.38. The first-order valence-corrected chi connectivity index (χ1v) is 9.13. The summed E-state index contributed by atoms with van der Waals surface area (Å²) < 4.78 is 17.7. The molecule has 0 bridgehead atoms. The van der Waals surface area contributed by atoms with Gasteiger partial charge in [0.05, 0.1) is 30.5 Å². The summed E-state index contributed by atoms with van der Waals surface area (Å²) in [6.07, 6.45) is 0.870. The van der Waals surface area contributed by atoms with E-state index in [1.54, 1.807) is 7.11 Å². The number of halogens is 1. The number of ether oxygens (including phenoxy) is 3. The van der Waals surface area contributed by atoms with Gasteiger partial charge in [0.1, 0.15) is 5.75 Å². The molecule has 1 aliphatic heterocycles. The van der Waals surface area contributed by atoms with Crippen molar-refractivity contribution in [3.63, 3.8) is 0 Å². The fraction of sp³-hybridized carbons (Fsp3) is 0.316. The Morgan fingerprint density at radius 1 is 1.23 bits per heavy atom. The predicted molar refractivity (Wildman–Crippen MR) is 104 cm³/mol. The minimum Gasteiger partial charge on any atom is -0.494 e. The number of amides is 1. The van der Waals surface area contributed by atoms with Gasteiger partial charge < -0.3 is 24.8 Å². The van der Waals surface area contributed by atoms with E-state index in [0.717, 1.165) is 33.6 Å². The van der Waals surface area contributed by atoms with Crippen LogP contribution in [0.25, 0.3) is 0 Å². The number of benzene rings is 2. The van der Waals surface area contributed by atoms with E-state index in [1.807, 2.05) is 30.3 Å². The van der Waals surface area contributed by atoms with Crippen molar-refractivity contribution in [1.29, 1.82) is 0 Å². The van der Waals surface area contributed by atoms with Crippen LogP contribution in [0.2, 0.25) is 0 Å². The second-order valence-electron chi connectivity index (χ2n) is 5.91. The van der Waals surface area contributed by atoms with Gasteiger partial charge in [0.2, 0.25) is 5.91 Å². The number of anilines is 2. The summed E-state index contributed by atoms with van der Waals surface area (Å²) in [7, 11) is 1.57. The molecular formula is C19H21BrN2O4. The topological polar surface area (TPSA) is 68.8 Å². The van der Waals surface area contributed by atoms with E-state index < -0.39 is 0 Å². The van der Waals surface area contributed by atoms with Crippen LogP contribution < -0.4 is 24.8 Å². The lowest BCUT2D eigenvalue weighted by Crippen LogP contribution is -2.07. The molecule has 0 fully saturated rings. The number of fused-ring (bicyclic) bond motifs is 1. The monoisotopic (exact) mass is 420 g/mol. The second-order valence-corrected chi connectivity index (χ2v) is 6.76. The van der Waals surface area contributed by atoms with E-state index in [1.165, 1.54) is 6.92 Å². The van der Waals surface area contributed by atoms with E-state index in [2.05, 4.69) is 26.6 Å². The Morgan fingerprint density at radius 2 is 2.04 bits per heavy atom. The van der Waals surface area contributed by atoms with E-state index in [4.69, 9.17) is 14.2 Å². The molecule has 0 radical (unpaired) electrons. The maximum absolute atomic E-state index is 11.2. The lowest BCUT2D eigenvalue weighted by Gasteiger charge is -2.14. The maximum Gasteiger partial charge on any atom is 0.221 e. The summed E-state index contributed by atoms with van der Waals surface area (Å²) in [4.78, 5) is 11.2. The van der Waals surface area contributed by atoms with Crippen molar-refractivity contribution in [3.8, 4) is 17.2 Å². The van der Waals surface area contributed by atoms with Crippen LogP contribution in [0, 0.1) is 0 Å². The van der Waals surface area contributed by atoms with Crippen LogP contribution in [0.3, 0.4) is 0 Å². The summed E-state index contributed by atoms with van der Waals surface area (Å²) in [5.41, 5.74) is 2.59. The zero-order chi connectivity index (χ0) is 18.5. The molecule has 0 atom stereocenters.